The van der Waals surface area contributed by atoms with Gasteiger partial charge in [-0.25, -0.2) is 0 Å². The summed E-state index contributed by atoms with van der Waals surface area (Å²) in [4.78, 5) is 10.8. The average Bonchev–Trinajstić information content (AvgIpc) is 2.43. The molecule has 4 nitrogen and oxygen atoms in total. The third kappa shape index (κ3) is 2.18. The van der Waals surface area contributed by atoms with Crippen LogP contribution in [-0.2, 0) is 4.79 Å². The lowest BCUT2D eigenvalue weighted by Crippen LogP contribution is -2.30. The second-order valence-electron chi connectivity index (χ2n) is 4.39. The number of aliphatic carboxylic acids is 1. The fourth-order valence-electron chi connectivity index (χ4n) is 2.32. The highest BCUT2D eigenvalue weighted by atomic mass is 16.5. The molecule has 0 amide bonds. The number of nitrogens with one attached hydrogen (secondary N) is 1. The van der Waals surface area contributed by atoms with Crippen LogP contribution in [0.3, 0.4) is 0 Å². The van der Waals surface area contributed by atoms with Crippen LogP contribution in [0.4, 0.5) is 0 Å². The van der Waals surface area contributed by atoms with Gasteiger partial charge in [0.1, 0.15) is 11.5 Å². The zero-order chi connectivity index (χ0) is 13.2. The Balaban J connectivity index is 2.03. The summed E-state index contributed by atoms with van der Waals surface area (Å²) in [5, 5.41) is 11.9. The predicted octanol–water partition coefficient (Wildman–Crippen LogP) is 2.56. The van der Waals surface area contributed by atoms with E-state index in [0.717, 1.165) is 22.6 Å². The Kier molecular flexibility index (Phi) is 2.93. The number of benzene rings is 2. The summed E-state index contributed by atoms with van der Waals surface area (Å²) < 4.78 is 5.83. The van der Waals surface area contributed by atoms with Crippen molar-refractivity contribution >= 4 is 5.97 Å². The minimum atomic E-state index is -0.874. The molecule has 2 aromatic carbocycles. The minimum Gasteiger partial charge on any atom is -0.480 e. The minimum absolute atomic E-state index is 0.0899. The summed E-state index contributed by atoms with van der Waals surface area (Å²) in [6, 6.07) is 15.2. The first-order chi connectivity index (χ1) is 9.25. The second kappa shape index (κ2) is 4.74. The summed E-state index contributed by atoms with van der Waals surface area (Å²) in [7, 11) is 0. The number of fused-ring (bicyclic) bond motifs is 2. The first-order valence-corrected chi connectivity index (χ1v) is 6.06. The first-order valence-electron chi connectivity index (χ1n) is 6.06. The van der Waals surface area contributed by atoms with Crippen molar-refractivity contribution in [2.75, 3.05) is 6.54 Å². The van der Waals surface area contributed by atoms with E-state index in [2.05, 4.69) is 5.32 Å². The van der Waals surface area contributed by atoms with E-state index in [1.165, 1.54) is 0 Å². The SMILES string of the molecule is O=C(O)CNC1c2ccccc2Oc2ccccc21. The van der Waals surface area contributed by atoms with Crippen molar-refractivity contribution in [3.8, 4) is 11.5 Å². The van der Waals surface area contributed by atoms with Crippen LogP contribution in [0.1, 0.15) is 17.2 Å². The molecule has 0 unspecified atom stereocenters. The molecule has 0 aliphatic carbocycles. The van der Waals surface area contributed by atoms with Crippen molar-refractivity contribution < 1.29 is 14.6 Å². The first kappa shape index (κ1) is 11.7. The fraction of sp³-hybridized carbons (Fsp3) is 0.133. The van der Waals surface area contributed by atoms with Crippen LogP contribution < -0.4 is 10.1 Å². The Morgan fingerprint density at radius 3 is 2.11 bits per heavy atom. The van der Waals surface area contributed by atoms with Crippen molar-refractivity contribution in [2.24, 2.45) is 0 Å². The second-order valence-corrected chi connectivity index (χ2v) is 4.39. The van der Waals surface area contributed by atoms with Gasteiger partial charge in [0.05, 0.1) is 12.6 Å². The van der Waals surface area contributed by atoms with E-state index >= 15 is 0 Å². The normalized spacial score (nSPS) is 13.3. The smallest absolute Gasteiger partial charge is 0.317 e. The Bertz CT molecular complexity index is 579. The molecule has 1 aliphatic heterocycles. The van der Waals surface area contributed by atoms with Crippen molar-refractivity contribution in [1.29, 1.82) is 0 Å². The van der Waals surface area contributed by atoms with Crippen LogP contribution in [-0.4, -0.2) is 17.6 Å². The monoisotopic (exact) mass is 255 g/mol. The van der Waals surface area contributed by atoms with Crippen molar-refractivity contribution in [2.45, 2.75) is 6.04 Å². The van der Waals surface area contributed by atoms with Gasteiger partial charge in [0.15, 0.2) is 0 Å². The maximum atomic E-state index is 10.8. The van der Waals surface area contributed by atoms with Crippen LogP contribution in [0.25, 0.3) is 0 Å². The molecule has 4 heteroatoms. The van der Waals surface area contributed by atoms with Gasteiger partial charge in [-0.3, -0.25) is 10.1 Å². The molecular weight excluding hydrogens is 242 g/mol. The molecule has 19 heavy (non-hydrogen) atoms. The van der Waals surface area contributed by atoms with Gasteiger partial charge in [-0.15, -0.1) is 0 Å². The third-order valence-electron chi connectivity index (χ3n) is 3.14. The van der Waals surface area contributed by atoms with Gasteiger partial charge in [0.25, 0.3) is 0 Å². The highest BCUT2D eigenvalue weighted by Gasteiger charge is 2.26. The Morgan fingerprint density at radius 2 is 1.58 bits per heavy atom. The molecule has 0 spiro atoms. The molecule has 1 aliphatic rings. The van der Waals surface area contributed by atoms with Crippen molar-refractivity contribution in [3.05, 3.63) is 59.7 Å². The summed E-state index contributed by atoms with van der Waals surface area (Å²) in [5.41, 5.74) is 1.92. The summed E-state index contributed by atoms with van der Waals surface area (Å²) in [5.74, 6) is 0.662. The van der Waals surface area contributed by atoms with Gasteiger partial charge < -0.3 is 9.84 Å². The molecule has 0 saturated carbocycles. The summed E-state index contributed by atoms with van der Waals surface area (Å²) >= 11 is 0. The van der Waals surface area contributed by atoms with Gasteiger partial charge in [-0.1, -0.05) is 36.4 Å². The van der Waals surface area contributed by atoms with Crippen molar-refractivity contribution in [1.82, 2.24) is 5.32 Å². The number of carbonyl (C=O) groups is 1. The zero-order valence-corrected chi connectivity index (χ0v) is 10.2. The van der Waals surface area contributed by atoms with E-state index in [4.69, 9.17) is 9.84 Å². The average molecular weight is 255 g/mol. The number of ether oxygens (including phenoxy) is 1. The predicted molar refractivity (Wildman–Crippen MR) is 70.4 cm³/mol. The van der Waals surface area contributed by atoms with Gasteiger partial charge in [0, 0.05) is 11.1 Å². The topological polar surface area (TPSA) is 58.6 Å². The zero-order valence-electron chi connectivity index (χ0n) is 10.2. The van der Waals surface area contributed by atoms with E-state index < -0.39 is 5.97 Å². The highest BCUT2D eigenvalue weighted by Crippen LogP contribution is 2.42. The Morgan fingerprint density at radius 1 is 1.05 bits per heavy atom. The Labute approximate surface area is 110 Å². The lowest BCUT2D eigenvalue weighted by atomic mass is 9.94. The molecule has 0 aromatic heterocycles. The number of para-hydroxylation sites is 2. The Hall–Kier alpha value is -2.33. The molecule has 0 atom stereocenters. The van der Waals surface area contributed by atoms with E-state index in [0.29, 0.717) is 0 Å². The van der Waals surface area contributed by atoms with E-state index in [1.54, 1.807) is 0 Å². The van der Waals surface area contributed by atoms with Crippen LogP contribution >= 0.6 is 0 Å². The van der Waals surface area contributed by atoms with E-state index in [1.807, 2.05) is 48.5 Å². The van der Waals surface area contributed by atoms with Gasteiger partial charge in [-0.2, -0.15) is 0 Å². The highest BCUT2D eigenvalue weighted by molar-refractivity contribution is 5.69. The molecule has 96 valence electrons. The molecule has 2 aromatic rings. The lowest BCUT2D eigenvalue weighted by molar-refractivity contribution is -0.136. The maximum absolute atomic E-state index is 10.8. The quantitative estimate of drug-likeness (QED) is 0.885. The van der Waals surface area contributed by atoms with Crippen LogP contribution in [0.5, 0.6) is 11.5 Å². The largest absolute Gasteiger partial charge is 0.480 e. The standard InChI is InChI=1S/C15H13NO3/c17-14(18)9-16-15-10-5-1-3-7-12(10)19-13-8-4-2-6-11(13)15/h1-8,15-16H,9H2,(H,17,18). The van der Waals surface area contributed by atoms with Crippen LogP contribution in [0, 0.1) is 0 Å². The van der Waals surface area contributed by atoms with Gasteiger partial charge in [0.2, 0.25) is 0 Å². The molecule has 0 radical (unpaired) electrons. The number of hydrogen-bond acceptors (Lipinski definition) is 3. The van der Waals surface area contributed by atoms with Crippen LogP contribution in [0.2, 0.25) is 0 Å². The molecule has 0 fully saturated rings. The maximum Gasteiger partial charge on any atom is 0.317 e. The van der Waals surface area contributed by atoms with Crippen LogP contribution in [0.15, 0.2) is 48.5 Å². The summed E-state index contributed by atoms with van der Waals surface area (Å²) in [6.45, 7) is -0.0899. The molecule has 0 saturated heterocycles. The summed E-state index contributed by atoms with van der Waals surface area (Å²) in [6.07, 6.45) is 0. The number of carboxylic acid groups (broad SMARTS) is 1. The third-order valence-corrected chi connectivity index (χ3v) is 3.14. The van der Waals surface area contributed by atoms with E-state index in [-0.39, 0.29) is 12.6 Å². The molecule has 1 heterocycles. The lowest BCUT2D eigenvalue weighted by Gasteiger charge is -2.28. The van der Waals surface area contributed by atoms with Crippen molar-refractivity contribution in [3.63, 3.8) is 0 Å². The number of hydrogen-bond donors (Lipinski definition) is 2. The molecular formula is C15H13NO3. The number of rotatable bonds is 3. The number of carboxylic acids is 1. The molecule has 2 N–H and O–H groups in total. The molecule has 0 bridgehead atoms. The van der Waals surface area contributed by atoms with Gasteiger partial charge in [-0.05, 0) is 12.1 Å². The van der Waals surface area contributed by atoms with Gasteiger partial charge >= 0.3 is 5.97 Å². The molecule has 3 rings (SSSR count). The fourth-order valence-corrected chi connectivity index (χ4v) is 2.32. The van der Waals surface area contributed by atoms with E-state index in [9.17, 15) is 4.79 Å².